The van der Waals surface area contributed by atoms with Crippen molar-refractivity contribution in [2.45, 2.75) is 45.8 Å². The normalized spacial score (nSPS) is 20.6. The lowest BCUT2D eigenvalue weighted by molar-refractivity contribution is -0.386. The van der Waals surface area contributed by atoms with E-state index in [1.807, 2.05) is 20.8 Å². The fraction of sp³-hybridized carbons (Fsp3) is 0.455. The van der Waals surface area contributed by atoms with E-state index in [-0.39, 0.29) is 23.7 Å². The molecule has 2 heterocycles. The molecule has 23 heteroatoms. The Hall–Kier alpha value is -2.83. The minimum absolute atomic E-state index is 0.154. The first-order valence-electron chi connectivity index (χ1n) is 12.5. The number of nitro benzene ring substituents is 1. The molecule has 0 radical (unpaired) electrons. The van der Waals surface area contributed by atoms with Crippen molar-refractivity contribution in [1.82, 2.24) is 9.55 Å². The molecule has 0 aliphatic carbocycles. The Labute approximate surface area is 254 Å². The first-order valence-corrected chi connectivity index (χ1v) is 17.0. The van der Waals surface area contributed by atoms with Gasteiger partial charge in [-0.25, -0.2) is 18.5 Å². The molecule has 0 fully saturated rings. The smallest absolute Gasteiger partial charge is 0.492 e. The second-order valence-electron chi connectivity index (χ2n) is 10.4. The van der Waals surface area contributed by atoms with Crippen molar-refractivity contribution in [1.29, 1.82) is 0 Å². The number of aliphatic hydroxyl groups is 1. The van der Waals surface area contributed by atoms with E-state index in [2.05, 4.69) is 22.7 Å². The number of nitrogen functional groups attached to an aromatic ring is 1. The van der Waals surface area contributed by atoms with Gasteiger partial charge in [-0.05, 0) is 11.5 Å². The third kappa shape index (κ3) is 9.83. The molecule has 45 heavy (non-hydrogen) atoms. The predicted octanol–water partition coefficient (Wildman–Crippen LogP) is 3.37. The Kier molecular flexibility index (Phi) is 11.3. The van der Waals surface area contributed by atoms with Crippen LogP contribution in [0, 0.1) is 15.5 Å². The van der Waals surface area contributed by atoms with Gasteiger partial charge in [0.1, 0.15) is 17.7 Å². The van der Waals surface area contributed by atoms with Gasteiger partial charge in [0.05, 0.1) is 29.8 Å². The Morgan fingerprint density at radius 2 is 1.82 bits per heavy atom. The summed E-state index contributed by atoms with van der Waals surface area (Å²) in [5.41, 5.74) is 4.72. The summed E-state index contributed by atoms with van der Waals surface area (Å²) in [6.45, 7) is 4.22. The van der Waals surface area contributed by atoms with E-state index in [0.29, 0.717) is 12.7 Å². The molecule has 20 nitrogen and oxygen atoms in total. The Morgan fingerprint density at radius 3 is 2.40 bits per heavy atom. The molecule has 1 aliphatic rings. The van der Waals surface area contributed by atoms with Gasteiger partial charge in [0.2, 0.25) is 0 Å². The van der Waals surface area contributed by atoms with E-state index in [1.54, 1.807) is 12.1 Å². The highest BCUT2D eigenvalue weighted by molar-refractivity contribution is 7.67. The number of hydrogen-bond donors (Lipinski definition) is 5. The number of nitrogens with zero attached hydrogens (tertiary/aromatic N) is 3. The first kappa shape index (κ1) is 36.6. The van der Waals surface area contributed by atoms with Crippen LogP contribution in [0.5, 0.6) is 0 Å². The van der Waals surface area contributed by atoms with Crippen molar-refractivity contribution in [2.75, 3.05) is 19.5 Å². The summed E-state index contributed by atoms with van der Waals surface area (Å²) in [6.07, 6.45) is -1.41. The molecule has 0 spiro atoms. The van der Waals surface area contributed by atoms with Crippen molar-refractivity contribution in [3.63, 3.8) is 0 Å². The second-order valence-corrected chi connectivity index (χ2v) is 15.1. The van der Waals surface area contributed by atoms with Crippen LogP contribution in [0.4, 0.5) is 11.5 Å². The SMILES string of the molecule is COP(=O)(OP(=O)(O)O)OP(=O)(O)OC[C@H]1O[C@@H](n2cc(CO[C@H](c3ccccc3[N+](=O)[O-])C(C)(C)C)c(N)nc2=O)C=C1O. The highest BCUT2D eigenvalue weighted by Crippen LogP contribution is 2.68. The number of phosphoric acid groups is 3. The molecule has 1 aromatic heterocycles. The van der Waals surface area contributed by atoms with E-state index in [1.165, 1.54) is 18.3 Å². The molecule has 0 bridgehead atoms. The number of anilines is 1. The van der Waals surface area contributed by atoms with Crippen molar-refractivity contribution in [3.05, 3.63) is 74.0 Å². The molecule has 250 valence electrons. The number of benzene rings is 1. The summed E-state index contributed by atoms with van der Waals surface area (Å²) >= 11 is 0. The summed E-state index contributed by atoms with van der Waals surface area (Å²) in [5.74, 6) is -0.789. The van der Waals surface area contributed by atoms with E-state index >= 15 is 0 Å². The van der Waals surface area contributed by atoms with Crippen LogP contribution in [0.1, 0.15) is 44.2 Å². The molecule has 0 saturated heterocycles. The number of para-hydroxylation sites is 1. The predicted molar refractivity (Wildman–Crippen MR) is 152 cm³/mol. The monoisotopic (exact) mass is 700 g/mol. The largest absolute Gasteiger partial charge is 0.510 e. The summed E-state index contributed by atoms with van der Waals surface area (Å²) in [7, 11) is -15.6. The topological polar surface area (TPSA) is 292 Å². The van der Waals surface area contributed by atoms with Gasteiger partial charge < -0.3 is 35.0 Å². The Balaban J connectivity index is 1.76. The summed E-state index contributed by atoms with van der Waals surface area (Å²) in [4.78, 5) is 55.0. The van der Waals surface area contributed by atoms with Gasteiger partial charge in [-0.2, -0.15) is 13.6 Å². The van der Waals surface area contributed by atoms with Crippen molar-refractivity contribution in [3.8, 4) is 0 Å². The number of ether oxygens (including phenoxy) is 2. The van der Waals surface area contributed by atoms with Gasteiger partial charge >= 0.3 is 29.2 Å². The summed E-state index contributed by atoms with van der Waals surface area (Å²) < 4.78 is 64.5. The fourth-order valence-corrected chi connectivity index (χ4v) is 7.48. The quantitative estimate of drug-likeness (QED) is 0.107. The van der Waals surface area contributed by atoms with Crippen LogP contribution in [-0.2, 0) is 47.4 Å². The maximum absolute atomic E-state index is 12.7. The lowest BCUT2D eigenvalue weighted by Crippen LogP contribution is -2.30. The summed E-state index contributed by atoms with van der Waals surface area (Å²) in [5, 5.41) is 22.0. The van der Waals surface area contributed by atoms with Gasteiger partial charge in [0.25, 0.3) is 5.69 Å². The van der Waals surface area contributed by atoms with E-state index < -0.39 is 70.3 Å². The fourth-order valence-electron chi connectivity index (χ4n) is 4.00. The van der Waals surface area contributed by atoms with Crippen LogP contribution in [0.3, 0.4) is 0 Å². The molecule has 3 rings (SSSR count). The number of nitrogens with two attached hydrogens (primary N) is 1. The zero-order chi connectivity index (χ0) is 34.0. The molecule has 1 aromatic carbocycles. The number of hydrogen-bond acceptors (Lipinski definition) is 15. The van der Waals surface area contributed by atoms with Gasteiger partial charge in [0.15, 0.2) is 6.23 Å². The van der Waals surface area contributed by atoms with Crippen molar-refractivity contribution in [2.24, 2.45) is 5.41 Å². The molecule has 0 saturated carbocycles. The lowest BCUT2D eigenvalue weighted by Gasteiger charge is -2.31. The second kappa shape index (κ2) is 13.9. The number of aliphatic hydroxyl groups excluding tert-OH is 1. The van der Waals surface area contributed by atoms with Gasteiger partial charge in [-0.1, -0.05) is 32.9 Å². The Morgan fingerprint density at radius 1 is 1.18 bits per heavy atom. The maximum Gasteiger partial charge on any atom is 0.492 e. The van der Waals surface area contributed by atoms with E-state index in [4.69, 9.17) is 25.0 Å². The highest BCUT2D eigenvalue weighted by atomic mass is 31.3. The number of nitro groups is 1. The maximum atomic E-state index is 12.7. The molecule has 2 unspecified atom stereocenters. The Bertz CT molecular complexity index is 1650. The minimum Gasteiger partial charge on any atom is -0.510 e. The molecule has 6 N–H and O–H groups in total. The van der Waals surface area contributed by atoms with Crippen LogP contribution in [-0.4, -0.2) is 54.1 Å². The lowest BCUT2D eigenvalue weighted by atomic mass is 9.84. The molecular weight excluding hydrogens is 669 g/mol. The number of rotatable bonds is 14. The first-order chi connectivity index (χ1) is 20.6. The average Bonchev–Trinajstić information content (AvgIpc) is 3.26. The highest BCUT2D eigenvalue weighted by Gasteiger charge is 2.43. The molecule has 2 aromatic rings. The van der Waals surface area contributed by atoms with Crippen LogP contribution in [0.25, 0.3) is 0 Å². The zero-order valence-corrected chi connectivity index (χ0v) is 26.7. The third-order valence-electron chi connectivity index (χ3n) is 5.91. The minimum atomic E-state index is -5.49. The van der Waals surface area contributed by atoms with Gasteiger partial charge in [0, 0.05) is 31.0 Å². The number of aromatic nitrogens is 2. The van der Waals surface area contributed by atoms with Crippen LogP contribution in [0.15, 0.2) is 47.1 Å². The molecule has 0 amide bonds. The van der Waals surface area contributed by atoms with Crippen LogP contribution < -0.4 is 11.4 Å². The van der Waals surface area contributed by atoms with E-state index in [9.17, 15) is 38.6 Å². The van der Waals surface area contributed by atoms with E-state index in [0.717, 1.165) is 10.6 Å². The number of phosphoric ester groups is 1. The van der Waals surface area contributed by atoms with Crippen LogP contribution >= 0.6 is 23.5 Å². The molecular formula is C22H31N4O16P3. The van der Waals surface area contributed by atoms with Crippen LogP contribution in [0.2, 0.25) is 0 Å². The average molecular weight is 700 g/mol. The van der Waals surface area contributed by atoms with Crippen molar-refractivity contribution < 1.29 is 65.5 Å². The summed E-state index contributed by atoms with van der Waals surface area (Å²) in [6, 6.07) is 6.06. The zero-order valence-electron chi connectivity index (χ0n) is 24.1. The molecule has 1 aliphatic heterocycles. The van der Waals surface area contributed by atoms with Gasteiger partial charge in [-0.3, -0.25) is 23.7 Å². The van der Waals surface area contributed by atoms with Gasteiger partial charge in [-0.15, -0.1) is 0 Å². The third-order valence-corrected chi connectivity index (χ3v) is 10.1. The molecule has 5 atom stereocenters. The standard InChI is InChI=1S/C22H31N4O16P3/c1-22(2,3)19(14-7-5-6-8-15(14)26(29)30)38-11-13-10-25(21(28)24-20(13)23)18-9-16(27)17(40-18)12-39-44(34,35)42-45(36,37-4)41-43(31,32)33/h5-10,17-19,27H,11-12H2,1-4H3,(H,34,35)(H2,23,24,28)(H2,31,32,33)/t17-,18-,19-,45?/m1/s1. The van der Waals surface area contributed by atoms with Crippen molar-refractivity contribution >= 4 is 35.0 Å².